The highest BCUT2D eigenvalue weighted by Crippen LogP contribution is 2.27. The molecule has 1 unspecified atom stereocenters. The Hall–Kier alpha value is -3.97. The number of aryl methyl sites for hydroxylation is 1. The summed E-state index contributed by atoms with van der Waals surface area (Å²) in [6.07, 6.45) is 4.71. The van der Waals surface area contributed by atoms with Gasteiger partial charge in [0.2, 0.25) is 0 Å². The molecule has 0 aliphatic carbocycles. The number of carbonyl (C=O) groups excluding carboxylic acids is 1. The monoisotopic (exact) mass is 523 g/mol. The number of hydrogen-bond donors (Lipinski definition) is 1. The summed E-state index contributed by atoms with van der Waals surface area (Å²) in [5, 5.41) is 7.29. The molecule has 0 saturated carbocycles. The molecule has 5 rings (SSSR count). The first-order valence-electron chi connectivity index (χ1n) is 13.8. The molecule has 0 saturated heterocycles. The molecule has 0 bridgehead atoms. The third kappa shape index (κ3) is 6.92. The van der Waals surface area contributed by atoms with Crippen molar-refractivity contribution >= 4 is 5.91 Å². The van der Waals surface area contributed by atoms with Crippen molar-refractivity contribution in [2.75, 3.05) is 33.3 Å². The lowest BCUT2D eigenvalue weighted by atomic mass is 9.91. The predicted octanol–water partition coefficient (Wildman–Crippen LogP) is 5.70. The van der Waals surface area contributed by atoms with E-state index in [9.17, 15) is 4.79 Å². The molecule has 1 atom stereocenters. The summed E-state index contributed by atoms with van der Waals surface area (Å²) in [7, 11) is 2.18. The number of nitrogens with one attached hydrogen (secondary N) is 1. The van der Waals surface area contributed by atoms with Crippen molar-refractivity contribution in [2.45, 2.75) is 38.6 Å². The molecule has 3 heterocycles. The topological polar surface area (TPSA) is 74.4 Å². The van der Waals surface area contributed by atoms with Crippen LogP contribution in [0.4, 0.5) is 0 Å². The average molecular weight is 524 g/mol. The highest BCUT2D eigenvalue weighted by atomic mass is 16.5. The molecule has 2 aromatic carbocycles. The Morgan fingerprint density at radius 3 is 2.62 bits per heavy atom. The molecule has 39 heavy (non-hydrogen) atoms. The maximum atomic E-state index is 13.6. The van der Waals surface area contributed by atoms with Gasteiger partial charge in [0.05, 0.1) is 12.2 Å². The van der Waals surface area contributed by atoms with Crippen molar-refractivity contribution in [1.29, 1.82) is 0 Å². The Morgan fingerprint density at radius 2 is 1.79 bits per heavy atom. The van der Waals surface area contributed by atoms with Crippen LogP contribution in [0.1, 0.15) is 52.4 Å². The molecule has 1 N–H and O–H groups in total. The molecule has 0 fully saturated rings. The van der Waals surface area contributed by atoms with Crippen LogP contribution in [0.2, 0.25) is 0 Å². The van der Waals surface area contributed by atoms with Gasteiger partial charge in [0.1, 0.15) is 23.7 Å². The minimum absolute atomic E-state index is 0.0690. The van der Waals surface area contributed by atoms with Crippen LogP contribution in [0.25, 0.3) is 11.4 Å². The van der Waals surface area contributed by atoms with Gasteiger partial charge < -0.3 is 14.5 Å². The quantitative estimate of drug-likeness (QED) is 0.373. The number of benzene rings is 2. The number of hydrogen-bond acceptors (Lipinski definition) is 5. The van der Waals surface area contributed by atoms with E-state index in [0.717, 1.165) is 43.8 Å². The summed E-state index contributed by atoms with van der Waals surface area (Å²) in [6.45, 7) is 5.50. The fourth-order valence-electron chi connectivity index (χ4n) is 5.28. The Labute approximate surface area is 230 Å². The maximum absolute atomic E-state index is 13.6. The molecular formula is C32H37N5O2. The Kier molecular flexibility index (Phi) is 8.68. The van der Waals surface area contributed by atoms with E-state index in [1.54, 1.807) is 12.3 Å². The van der Waals surface area contributed by atoms with Gasteiger partial charge >= 0.3 is 0 Å². The first-order chi connectivity index (χ1) is 19.1. The number of aromatic amines is 1. The summed E-state index contributed by atoms with van der Waals surface area (Å²) >= 11 is 0. The Balaban J connectivity index is 1.38. The standard InChI is InChI=1S/C32H37N5O2/c1-24-13-14-31-27(21-24)23-36(2)18-15-26(25-9-4-3-5-10-25)11-8-17-37(19-20-39-31)32(38)30-22-29(34-35-30)28-12-6-7-16-33-28/h3-7,9-10,12-14,16,21-22,26H,8,11,15,17-20,23H2,1-2H3,(H,34,35). The van der Waals surface area contributed by atoms with E-state index < -0.39 is 0 Å². The van der Waals surface area contributed by atoms with Crippen molar-refractivity contribution in [3.05, 3.63) is 101 Å². The second-order valence-electron chi connectivity index (χ2n) is 10.4. The first-order valence-corrected chi connectivity index (χ1v) is 13.8. The maximum Gasteiger partial charge on any atom is 0.271 e. The van der Waals surface area contributed by atoms with Crippen molar-refractivity contribution in [3.63, 3.8) is 0 Å². The van der Waals surface area contributed by atoms with Gasteiger partial charge in [-0.3, -0.25) is 14.9 Å². The number of ether oxygens (including phenoxy) is 1. The molecule has 1 aliphatic heterocycles. The highest BCUT2D eigenvalue weighted by molar-refractivity contribution is 5.93. The number of rotatable bonds is 3. The molecule has 0 spiro atoms. The summed E-state index contributed by atoms with van der Waals surface area (Å²) in [6, 6.07) is 24.6. The SMILES string of the molecule is Cc1ccc2c(c1)CN(C)CCC(c1ccccc1)CCCN(C(=O)c1cc(-c3ccccn3)n[nH]1)CCO2. The zero-order valence-electron chi connectivity index (χ0n) is 22.8. The van der Waals surface area contributed by atoms with Crippen molar-refractivity contribution < 1.29 is 9.53 Å². The molecule has 7 nitrogen and oxygen atoms in total. The predicted molar refractivity (Wildman–Crippen MR) is 154 cm³/mol. The summed E-state index contributed by atoms with van der Waals surface area (Å²) in [5.74, 6) is 1.25. The van der Waals surface area contributed by atoms with E-state index in [0.29, 0.717) is 37.0 Å². The van der Waals surface area contributed by atoms with Crippen molar-refractivity contribution in [3.8, 4) is 17.1 Å². The minimum Gasteiger partial charge on any atom is -0.491 e. The molecule has 2 aromatic heterocycles. The van der Waals surface area contributed by atoms with Gasteiger partial charge in [-0.1, -0.05) is 54.1 Å². The number of H-pyrrole nitrogens is 1. The minimum atomic E-state index is -0.0690. The van der Waals surface area contributed by atoms with Crippen LogP contribution in [0.15, 0.2) is 79.0 Å². The number of pyridine rings is 1. The molecular weight excluding hydrogens is 486 g/mol. The molecule has 202 valence electrons. The van der Waals surface area contributed by atoms with Crippen LogP contribution in [-0.2, 0) is 6.54 Å². The van der Waals surface area contributed by atoms with Gasteiger partial charge in [-0.25, -0.2) is 0 Å². The van der Waals surface area contributed by atoms with E-state index in [2.05, 4.69) is 82.6 Å². The normalized spacial score (nSPS) is 17.6. The summed E-state index contributed by atoms with van der Waals surface area (Å²) < 4.78 is 6.26. The fourth-order valence-corrected chi connectivity index (χ4v) is 5.28. The van der Waals surface area contributed by atoms with Gasteiger partial charge in [-0.05, 0) is 75.5 Å². The van der Waals surface area contributed by atoms with E-state index in [-0.39, 0.29) is 5.91 Å². The smallest absolute Gasteiger partial charge is 0.271 e. The zero-order valence-corrected chi connectivity index (χ0v) is 22.8. The van der Waals surface area contributed by atoms with Crippen LogP contribution >= 0.6 is 0 Å². The first kappa shape index (κ1) is 26.6. The van der Waals surface area contributed by atoms with E-state index in [4.69, 9.17) is 4.74 Å². The Bertz CT molecular complexity index is 1360. The van der Waals surface area contributed by atoms with Gasteiger partial charge in [-0.2, -0.15) is 5.10 Å². The van der Waals surface area contributed by atoms with E-state index >= 15 is 0 Å². The van der Waals surface area contributed by atoms with Crippen molar-refractivity contribution in [1.82, 2.24) is 25.0 Å². The molecule has 1 aliphatic rings. The van der Waals surface area contributed by atoms with Gasteiger partial charge in [0.25, 0.3) is 5.91 Å². The molecule has 0 radical (unpaired) electrons. The molecule has 4 aromatic rings. The average Bonchev–Trinajstić information content (AvgIpc) is 3.46. The lowest BCUT2D eigenvalue weighted by Crippen LogP contribution is -2.36. The number of nitrogens with zero attached hydrogens (tertiary/aromatic N) is 4. The lowest BCUT2D eigenvalue weighted by Gasteiger charge is -2.27. The summed E-state index contributed by atoms with van der Waals surface area (Å²) in [4.78, 5) is 22.3. The van der Waals surface area contributed by atoms with Crippen molar-refractivity contribution in [2.24, 2.45) is 0 Å². The highest BCUT2D eigenvalue weighted by Gasteiger charge is 2.21. The zero-order chi connectivity index (χ0) is 27.0. The van der Waals surface area contributed by atoms with Crippen LogP contribution in [0.3, 0.4) is 0 Å². The Morgan fingerprint density at radius 1 is 0.949 bits per heavy atom. The number of carbonyl (C=O) groups is 1. The molecule has 7 heteroatoms. The van der Waals surface area contributed by atoms with E-state index in [1.165, 1.54) is 16.7 Å². The van der Waals surface area contributed by atoms with Gasteiger partial charge in [0.15, 0.2) is 0 Å². The third-order valence-corrected chi connectivity index (χ3v) is 7.41. The fraction of sp³-hybridized carbons (Fsp3) is 0.344. The van der Waals surface area contributed by atoms with Gasteiger partial charge in [0, 0.05) is 24.8 Å². The number of amides is 1. The third-order valence-electron chi connectivity index (χ3n) is 7.41. The van der Waals surface area contributed by atoms with E-state index in [1.807, 2.05) is 23.1 Å². The van der Waals surface area contributed by atoms with Crippen LogP contribution in [0, 0.1) is 6.92 Å². The second kappa shape index (κ2) is 12.7. The number of fused-ring (bicyclic) bond motifs is 1. The number of aromatic nitrogens is 3. The van der Waals surface area contributed by atoms with Crippen LogP contribution < -0.4 is 4.74 Å². The second-order valence-corrected chi connectivity index (χ2v) is 10.4. The van der Waals surface area contributed by atoms with Crippen LogP contribution in [0.5, 0.6) is 5.75 Å². The summed E-state index contributed by atoms with van der Waals surface area (Å²) in [5.41, 5.74) is 5.62. The van der Waals surface area contributed by atoms with Gasteiger partial charge in [-0.15, -0.1) is 0 Å². The lowest BCUT2D eigenvalue weighted by molar-refractivity contribution is 0.0718. The van der Waals surface area contributed by atoms with Crippen LogP contribution in [-0.4, -0.2) is 64.2 Å². The molecule has 1 amide bonds. The largest absolute Gasteiger partial charge is 0.491 e.